The minimum Gasteiger partial charge on any atom is -0.486 e. The van der Waals surface area contributed by atoms with E-state index in [1.165, 1.54) is 31.2 Å². The average molecular weight is 324 g/mol. The number of hydrogen-bond acceptors (Lipinski definition) is 2. The highest BCUT2D eigenvalue weighted by molar-refractivity contribution is 5.40. The molecule has 0 aromatic heterocycles. The molecule has 0 spiro atoms. The van der Waals surface area contributed by atoms with Gasteiger partial charge in [-0.05, 0) is 30.5 Å². The van der Waals surface area contributed by atoms with Crippen LogP contribution in [-0.2, 0) is 5.41 Å². The quantitative estimate of drug-likeness (QED) is 0.918. The van der Waals surface area contributed by atoms with Crippen molar-refractivity contribution < 1.29 is 14.8 Å². The van der Waals surface area contributed by atoms with Crippen LogP contribution in [0.15, 0.2) is 54.6 Å². The van der Waals surface area contributed by atoms with E-state index in [2.05, 4.69) is 35.6 Å². The second-order valence-corrected chi connectivity index (χ2v) is 7.08. The Morgan fingerprint density at radius 2 is 1.62 bits per heavy atom. The number of hydrogen-bond donors (Lipinski definition) is 1. The topological polar surface area (TPSA) is 35.1 Å². The summed E-state index contributed by atoms with van der Waals surface area (Å²) in [5.74, 6) is 1.74. The van der Waals surface area contributed by atoms with Crippen LogP contribution in [0.5, 0.6) is 11.5 Å². The summed E-state index contributed by atoms with van der Waals surface area (Å²) in [5, 5.41) is 2.43. The van der Waals surface area contributed by atoms with Gasteiger partial charge in [-0.1, -0.05) is 55.3 Å². The predicted octanol–water partition coefficient (Wildman–Crippen LogP) is 2.90. The minimum absolute atomic E-state index is 0.133. The summed E-state index contributed by atoms with van der Waals surface area (Å²) in [6.07, 6.45) is 5.43. The molecule has 1 aliphatic carbocycles. The van der Waals surface area contributed by atoms with Gasteiger partial charge in [0.05, 0.1) is 6.54 Å². The first-order valence-corrected chi connectivity index (χ1v) is 9.11. The van der Waals surface area contributed by atoms with Crippen molar-refractivity contribution in [2.75, 3.05) is 19.7 Å². The summed E-state index contributed by atoms with van der Waals surface area (Å²) < 4.78 is 11.9. The van der Waals surface area contributed by atoms with Crippen LogP contribution in [0.25, 0.3) is 0 Å². The first-order valence-electron chi connectivity index (χ1n) is 9.11. The number of ether oxygens (including phenoxy) is 2. The molecule has 126 valence electrons. The zero-order valence-corrected chi connectivity index (χ0v) is 14.1. The molecule has 2 aromatic carbocycles. The van der Waals surface area contributed by atoms with Crippen molar-refractivity contribution in [2.24, 2.45) is 0 Å². The first kappa shape index (κ1) is 15.5. The Kier molecular flexibility index (Phi) is 4.44. The maximum absolute atomic E-state index is 6.08. The Hall–Kier alpha value is -2.00. The average Bonchev–Trinajstić information content (AvgIpc) is 3.12. The Morgan fingerprint density at radius 1 is 0.917 bits per heavy atom. The lowest BCUT2D eigenvalue weighted by Crippen LogP contribution is -2.90. The van der Waals surface area contributed by atoms with Crippen LogP contribution in [0.2, 0.25) is 0 Å². The Labute approximate surface area is 144 Å². The molecular formula is C21H26NO2+. The van der Waals surface area contributed by atoms with Crippen LogP contribution in [-0.4, -0.2) is 25.8 Å². The summed E-state index contributed by atoms with van der Waals surface area (Å²) >= 11 is 0. The number of fused-ring (bicyclic) bond motifs is 1. The molecule has 1 saturated carbocycles. The minimum atomic E-state index is 0.133. The molecule has 1 heterocycles. The fourth-order valence-corrected chi connectivity index (χ4v) is 4.18. The molecule has 1 aliphatic heterocycles. The van der Waals surface area contributed by atoms with E-state index in [0.29, 0.717) is 12.0 Å². The summed E-state index contributed by atoms with van der Waals surface area (Å²) in [6, 6.07) is 19.0. The molecule has 0 amide bonds. The molecule has 4 rings (SSSR count). The lowest BCUT2D eigenvalue weighted by atomic mass is 9.79. The first-order chi connectivity index (χ1) is 11.9. The van der Waals surface area contributed by atoms with E-state index in [1.54, 1.807) is 0 Å². The Bertz CT molecular complexity index is 665. The van der Waals surface area contributed by atoms with Gasteiger partial charge < -0.3 is 14.8 Å². The van der Waals surface area contributed by atoms with Gasteiger partial charge in [-0.25, -0.2) is 0 Å². The molecule has 1 fully saturated rings. The maximum Gasteiger partial charge on any atom is 0.181 e. The molecule has 24 heavy (non-hydrogen) atoms. The van der Waals surface area contributed by atoms with Crippen LogP contribution in [0, 0.1) is 0 Å². The van der Waals surface area contributed by atoms with E-state index >= 15 is 0 Å². The standard InChI is InChI=1S/C21H25NO2/c1-2-8-17(9-3-1)21(12-6-7-13-21)16-22-14-18-15-23-19-10-4-5-11-20(19)24-18/h1-5,8-11,18,22H,6-7,12-16H2/p+1/t18-/m1/s1. The maximum atomic E-state index is 6.08. The van der Waals surface area contributed by atoms with E-state index in [9.17, 15) is 0 Å². The molecule has 0 radical (unpaired) electrons. The largest absolute Gasteiger partial charge is 0.486 e. The van der Waals surface area contributed by atoms with Crippen LogP contribution >= 0.6 is 0 Å². The SMILES string of the molecule is c1ccc(C2(C[NH2+]C[C@@H]3COc4ccccc4O3)CCCC2)cc1. The molecule has 0 unspecified atom stereocenters. The van der Waals surface area contributed by atoms with E-state index < -0.39 is 0 Å². The smallest absolute Gasteiger partial charge is 0.181 e. The highest BCUT2D eigenvalue weighted by Crippen LogP contribution is 2.39. The third-order valence-electron chi connectivity index (χ3n) is 5.48. The summed E-state index contributed by atoms with van der Waals surface area (Å²) in [4.78, 5) is 0. The van der Waals surface area contributed by atoms with Gasteiger partial charge in [0.15, 0.2) is 17.6 Å². The van der Waals surface area contributed by atoms with E-state index in [1.807, 2.05) is 24.3 Å². The predicted molar refractivity (Wildman–Crippen MR) is 94.6 cm³/mol. The molecule has 0 bridgehead atoms. The second kappa shape index (κ2) is 6.86. The zero-order valence-electron chi connectivity index (χ0n) is 14.1. The third-order valence-corrected chi connectivity index (χ3v) is 5.48. The molecule has 2 aromatic rings. The van der Waals surface area contributed by atoms with Gasteiger partial charge in [0.2, 0.25) is 0 Å². The van der Waals surface area contributed by atoms with Crippen LogP contribution in [0.3, 0.4) is 0 Å². The summed E-state index contributed by atoms with van der Waals surface area (Å²) in [7, 11) is 0. The lowest BCUT2D eigenvalue weighted by Gasteiger charge is -2.30. The van der Waals surface area contributed by atoms with Crippen molar-refractivity contribution in [3.05, 3.63) is 60.2 Å². The van der Waals surface area contributed by atoms with E-state index in [-0.39, 0.29) is 6.10 Å². The Morgan fingerprint density at radius 3 is 2.42 bits per heavy atom. The van der Waals surface area contributed by atoms with Gasteiger partial charge in [-0.15, -0.1) is 0 Å². The number of benzene rings is 2. The summed E-state index contributed by atoms with van der Waals surface area (Å²) in [6.45, 7) is 2.73. The van der Waals surface area contributed by atoms with Crippen LogP contribution in [0.1, 0.15) is 31.2 Å². The van der Waals surface area contributed by atoms with Crippen molar-refractivity contribution >= 4 is 0 Å². The second-order valence-electron chi connectivity index (χ2n) is 7.08. The molecule has 0 saturated heterocycles. The van der Waals surface area contributed by atoms with Crippen molar-refractivity contribution in [1.82, 2.24) is 0 Å². The van der Waals surface area contributed by atoms with Gasteiger partial charge in [0.1, 0.15) is 13.2 Å². The van der Waals surface area contributed by atoms with E-state index in [4.69, 9.17) is 9.47 Å². The van der Waals surface area contributed by atoms with E-state index in [0.717, 1.165) is 24.6 Å². The Balaban J connectivity index is 1.36. The molecular weight excluding hydrogens is 298 g/mol. The fraction of sp³-hybridized carbons (Fsp3) is 0.429. The summed E-state index contributed by atoms with van der Waals surface area (Å²) in [5.41, 5.74) is 1.85. The van der Waals surface area contributed by atoms with Gasteiger partial charge in [-0.3, -0.25) is 0 Å². The highest BCUT2D eigenvalue weighted by atomic mass is 16.6. The zero-order chi connectivity index (χ0) is 16.2. The monoisotopic (exact) mass is 324 g/mol. The van der Waals surface area contributed by atoms with Gasteiger partial charge >= 0.3 is 0 Å². The molecule has 2 N–H and O–H groups in total. The van der Waals surface area contributed by atoms with Crippen LogP contribution in [0.4, 0.5) is 0 Å². The third kappa shape index (κ3) is 3.13. The van der Waals surface area contributed by atoms with Crippen molar-refractivity contribution in [3.8, 4) is 11.5 Å². The number of para-hydroxylation sites is 2. The lowest BCUT2D eigenvalue weighted by molar-refractivity contribution is -0.667. The van der Waals surface area contributed by atoms with Crippen molar-refractivity contribution in [3.63, 3.8) is 0 Å². The van der Waals surface area contributed by atoms with Crippen molar-refractivity contribution in [2.45, 2.75) is 37.2 Å². The number of rotatable bonds is 5. The molecule has 2 aliphatic rings. The van der Waals surface area contributed by atoms with Gasteiger partial charge in [-0.2, -0.15) is 0 Å². The van der Waals surface area contributed by atoms with Gasteiger partial charge in [0.25, 0.3) is 0 Å². The van der Waals surface area contributed by atoms with Gasteiger partial charge in [0, 0.05) is 5.41 Å². The molecule has 1 atom stereocenters. The number of quaternary nitrogens is 1. The molecule has 3 heteroatoms. The number of nitrogens with two attached hydrogens (primary N) is 1. The van der Waals surface area contributed by atoms with Crippen LogP contribution < -0.4 is 14.8 Å². The fourth-order valence-electron chi connectivity index (χ4n) is 4.18. The molecule has 3 nitrogen and oxygen atoms in total. The normalized spacial score (nSPS) is 21.6. The van der Waals surface area contributed by atoms with Crippen molar-refractivity contribution in [1.29, 1.82) is 0 Å². The highest BCUT2D eigenvalue weighted by Gasteiger charge is 2.37.